The summed E-state index contributed by atoms with van der Waals surface area (Å²) in [5, 5.41) is 16.3. The van der Waals surface area contributed by atoms with Crippen LogP contribution in [0.1, 0.15) is 37.6 Å². The van der Waals surface area contributed by atoms with Gasteiger partial charge in [-0.15, -0.1) is 0 Å². The van der Waals surface area contributed by atoms with Crippen LogP contribution in [0.15, 0.2) is 61.8 Å². The summed E-state index contributed by atoms with van der Waals surface area (Å²) in [7, 11) is 0. The van der Waals surface area contributed by atoms with E-state index in [2.05, 4.69) is 48.5 Å². The number of aromatic nitrogens is 2. The summed E-state index contributed by atoms with van der Waals surface area (Å²) < 4.78 is 7.82. The number of nitrogens with zero attached hydrogens (tertiary/aromatic N) is 4. The molecule has 1 heterocycles. The molecule has 0 saturated carbocycles. The molecule has 0 aliphatic heterocycles. The van der Waals surface area contributed by atoms with Gasteiger partial charge in [-0.2, -0.15) is 9.78 Å². The first-order chi connectivity index (χ1) is 15.3. The Morgan fingerprint density at radius 2 is 2.09 bits per heavy atom. The molecule has 0 aliphatic carbocycles. The molecule has 0 unspecified atom stereocenters. The molecule has 0 amide bonds. The van der Waals surface area contributed by atoms with E-state index in [1.165, 1.54) is 23.0 Å². The number of ether oxygens (including phenoxy) is 1. The molecule has 0 saturated heterocycles. The molecule has 32 heavy (non-hydrogen) atoms. The van der Waals surface area contributed by atoms with Crippen molar-refractivity contribution in [1.82, 2.24) is 9.66 Å². The van der Waals surface area contributed by atoms with Crippen LogP contribution in [0.25, 0.3) is 10.9 Å². The maximum Gasteiger partial charge on any atom is 0.312 e. The van der Waals surface area contributed by atoms with Crippen LogP contribution >= 0.6 is 31.9 Å². The second-order valence-electron chi connectivity index (χ2n) is 7.01. The van der Waals surface area contributed by atoms with Gasteiger partial charge in [0.05, 0.1) is 26.5 Å². The minimum atomic E-state index is -0.535. The van der Waals surface area contributed by atoms with E-state index in [1.807, 2.05) is 19.9 Å². The smallest absolute Gasteiger partial charge is 0.312 e. The van der Waals surface area contributed by atoms with Crippen molar-refractivity contribution in [2.45, 2.75) is 26.2 Å². The molecule has 0 aliphatic rings. The fourth-order valence-electron chi connectivity index (χ4n) is 3.00. The maximum absolute atomic E-state index is 13.2. The van der Waals surface area contributed by atoms with E-state index >= 15 is 0 Å². The standard InChI is InChI=1S/C22H20Br2N4O4/c1-4-8-32-20-17(24)9-14(10-19(20)28(30)31)12-25-27-21(13(3)5-2)26-18-7-6-15(23)11-16(18)22(27)29/h4,6-7,9-13H,1,5,8H2,2-3H3/t13-/m0/s1. The largest absolute Gasteiger partial charge is 0.482 e. The molecule has 0 radical (unpaired) electrons. The van der Waals surface area contributed by atoms with E-state index in [0.29, 0.717) is 26.8 Å². The van der Waals surface area contributed by atoms with Crippen LogP contribution in [0.5, 0.6) is 5.75 Å². The SMILES string of the molecule is C=CCOc1c(Br)cc(C=Nn2c([C@@H](C)CC)nc3ccc(Br)cc3c2=O)cc1[N+](=O)[O-]. The highest BCUT2D eigenvalue weighted by Crippen LogP contribution is 2.36. The number of fused-ring (bicyclic) bond motifs is 1. The van der Waals surface area contributed by atoms with Gasteiger partial charge in [-0.1, -0.05) is 42.4 Å². The molecule has 166 valence electrons. The second-order valence-corrected chi connectivity index (χ2v) is 8.78. The molecule has 1 aromatic heterocycles. The number of hydrogen-bond donors (Lipinski definition) is 0. The van der Waals surface area contributed by atoms with Gasteiger partial charge >= 0.3 is 5.69 Å². The monoisotopic (exact) mass is 562 g/mol. The summed E-state index contributed by atoms with van der Waals surface area (Å²) in [6, 6.07) is 8.28. The summed E-state index contributed by atoms with van der Waals surface area (Å²) in [6.07, 6.45) is 3.66. The summed E-state index contributed by atoms with van der Waals surface area (Å²) >= 11 is 6.70. The van der Waals surface area contributed by atoms with Crippen molar-refractivity contribution in [2.24, 2.45) is 5.10 Å². The molecule has 0 bridgehead atoms. The molecule has 0 fully saturated rings. The topological polar surface area (TPSA) is 99.6 Å². The van der Waals surface area contributed by atoms with Crippen LogP contribution in [-0.2, 0) is 0 Å². The second kappa shape index (κ2) is 10.2. The van der Waals surface area contributed by atoms with Crippen molar-refractivity contribution < 1.29 is 9.66 Å². The Morgan fingerprint density at radius 1 is 1.34 bits per heavy atom. The molecule has 8 nitrogen and oxygen atoms in total. The van der Waals surface area contributed by atoms with Gasteiger partial charge in [0.15, 0.2) is 0 Å². The van der Waals surface area contributed by atoms with Gasteiger partial charge < -0.3 is 4.74 Å². The Morgan fingerprint density at radius 3 is 2.75 bits per heavy atom. The zero-order valence-electron chi connectivity index (χ0n) is 17.4. The number of nitro benzene ring substituents is 1. The fraction of sp³-hybridized carbons (Fsp3) is 0.227. The van der Waals surface area contributed by atoms with Crippen LogP contribution in [0.2, 0.25) is 0 Å². The molecule has 3 aromatic rings. The number of halogens is 2. The Hall–Kier alpha value is -2.85. The van der Waals surface area contributed by atoms with Crippen LogP contribution in [0.4, 0.5) is 5.69 Å². The minimum absolute atomic E-state index is 0.0244. The summed E-state index contributed by atoms with van der Waals surface area (Å²) in [6.45, 7) is 7.64. The Bertz CT molecular complexity index is 1290. The Kier molecular flexibility index (Phi) is 7.57. The lowest BCUT2D eigenvalue weighted by atomic mass is 10.1. The lowest BCUT2D eigenvalue weighted by molar-refractivity contribution is -0.385. The average molecular weight is 564 g/mol. The Balaban J connectivity index is 2.15. The van der Waals surface area contributed by atoms with Gasteiger partial charge in [0.25, 0.3) is 5.56 Å². The average Bonchev–Trinajstić information content (AvgIpc) is 2.77. The van der Waals surface area contributed by atoms with Crippen molar-refractivity contribution in [2.75, 3.05) is 6.61 Å². The van der Waals surface area contributed by atoms with Gasteiger partial charge in [-0.3, -0.25) is 14.9 Å². The highest BCUT2D eigenvalue weighted by molar-refractivity contribution is 9.10. The molecular formula is C22H20Br2N4O4. The van der Waals surface area contributed by atoms with Gasteiger partial charge in [-0.25, -0.2) is 4.98 Å². The number of rotatable bonds is 8. The van der Waals surface area contributed by atoms with Crippen LogP contribution in [0.3, 0.4) is 0 Å². The van der Waals surface area contributed by atoms with Crippen molar-refractivity contribution in [3.63, 3.8) is 0 Å². The van der Waals surface area contributed by atoms with Crippen molar-refractivity contribution in [3.8, 4) is 5.75 Å². The zero-order valence-corrected chi connectivity index (χ0v) is 20.6. The first-order valence-corrected chi connectivity index (χ1v) is 11.3. The third-order valence-electron chi connectivity index (χ3n) is 4.80. The molecule has 10 heteroatoms. The zero-order chi connectivity index (χ0) is 23.4. The lowest BCUT2D eigenvalue weighted by Gasteiger charge is -2.14. The molecule has 3 rings (SSSR count). The van der Waals surface area contributed by atoms with Gasteiger partial charge in [0, 0.05) is 22.0 Å². The van der Waals surface area contributed by atoms with E-state index in [9.17, 15) is 14.9 Å². The molecule has 0 N–H and O–H groups in total. The van der Waals surface area contributed by atoms with Gasteiger partial charge in [-0.05, 0) is 46.6 Å². The maximum atomic E-state index is 13.2. The summed E-state index contributed by atoms with van der Waals surface area (Å²) in [4.78, 5) is 28.9. The molecule has 1 atom stereocenters. The predicted molar refractivity (Wildman–Crippen MR) is 132 cm³/mol. The summed E-state index contributed by atoms with van der Waals surface area (Å²) in [5.74, 6) is 0.591. The third kappa shape index (κ3) is 4.97. The lowest BCUT2D eigenvalue weighted by Crippen LogP contribution is -2.23. The molecular weight excluding hydrogens is 544 g/mol. The minimum Gasteiger partial charge on any atom is -0.482 e. The van der Waals surface area contributed by atoms with Gasteiger partial charge in [0.2, 0.25) is 5.75 Å². The van der Waals surface area contributed by atoms with E-state index in [4.69, 9.17) is 4.74 Å². The van der Waals surface area contributed by atoms with Crippen LogP contribution in [-0.4, -0.2) is 27.4 Å². The summed E-state index contributed by atoms with van der Waals surface area (Å²) in [5.41, 5.74) is 0.466. The first kappa shape index (κ1) is 23.8. The van der Waals surface area contributed by atoms with E-state index in [0.717, 1.165) is 10.9 Å². The highest BCUT2D eigenvalue weighted by atomic mass is 79.9. The van der Waals surface area contributed by atoms with Crippen LogP contribution in [0, 0.1) is 10.1 Å². The molecule has 2 aromatic carbocycles. The number of nitro groups is 1. The van der Waals surface area contributed by atoms with E-state index < -0.39 is 4.92 Å². The third-order valence-corrected chi connectivity index (χ3v) is 5.88. The van der Waals surface area contributed by atoms with E-state index in [-0.39, 0.29) is 29.5 Å². The van der Waals surface area contributed by atoms with E-state index in [1.54, 1.807) is 18.2 Å². The Labute approximate surface area is 201 Å². The van der Waals surface area contributed by atoms with Crippen molar-refractivity contribution >= 4 is 54.7 Å². The van der Waals surface area contributed by atoms with Crippen LogP contribution < -0.4 is 10.3 Å². The van der Waals surface area contributed by atoms with Crippen molar-refractivity contribution in [3.05, 3.63) is 83.8 Å². The van der Waals surface area contributed by atoms with Gasteiger partial charge in [0.1, 0.15) is 12.4 Å². The fourth-order valence-corrected chi connectivity index (χ4v) is 3.94. The highest BCUT2D eigenvalue weighted by Gasteiger charge is 2.20. The normalized spacial score (nSPS) is 12.2. The predicted octanol–water partition coefficient (Wildman–Crippen LogP) is 5.79. The van der Waals surface area contributed by atoms with Crippen molar-refractivity contribution in [1.29, 1.82) is 0 Å². The number of hydrogen-bond acceptors (Lipinski definition) is 6. The first-order valence-electron chi connectivity index (χ1n) is 9.75. The molecule has 0 spiro atoms. The number of benzene rings is 2. The quantitative estimate of drug-likeness (QED) is 0.149.